The van der Waals surface area contributed by atoms with Crippen molar-refractivity contribution >= 4 is 0 Å². The van der Waals surface area contributed by atoms with Crippen molar-refractivity contribution in [3.05, 3.63) is 0 Å². The van der Waals surface area contributed by atoms with Crippen molar-refractivity contribution in [2.24, 2.45) is 0 Å². The average molecular weight is 243 g/mol. The number of rotatable bonds is 8. The zero-order valence-corrected chi connectivity index (χ0v) is 11.5. The van der Waals surface area contributed by atoms with E-state index in [0.29, 0.717) is 12.1 Å². The monoisotopic (exact) mass is 243 g/mol. The van der Waals surface area contributed by atoms with Crippen molar-refractivity contribution in [3.8, 4) is 0 Å². The van der Waals surface area contributed by atoms with E-state index in [9.17, 15) is 0 Å². The van der Waals surface area contributed by atoms with E-state index in [0.717, 1.165) is 26.2 Å². The first kappa shape index (κ1) is 14.9. The highest BCUT2D eigenvalue weighted by molar-refractivity contribution is 4.80. The van der Waals surface area contributed by atoms with Crippen LogP contribution in [0.1, 0.15) is 51.9 Å². The molecule has 1 N–H and O–H groups in total. The fourth-order valence-corrected chi connectivity index (χ4v) is 2.47. The number of hydrogen-bond acceptors (Lipinski definition) is 3. The maximum atomic E-state index is 6.03. The van der Waals surface area contributed by atoms with Crippen LogP contribution in [0.2, 0.25) is 0 Å². The summed E-state index contributed by atoms with van der Waals surface area (Å²) >= 11 is 0. The molecule has 1 rings (SSSR count). The van der Waals surface area contributed by atoms with E-state index in [1.165, 1.54) is 38.5 Å². The Balaban J connectivity index is 2.27. The fourth-order valence-electron chi connectivity index (χ4n) is 2.47. The Morgan fingerprint density at radius 2 is 1.94 bits per heavy atom. The van der Waals surface area contributed by atoms with Gasteiger partial charge in [0, 0.05) is 26.4 Å². The molecule has 3 heteroatoms. The summed E-state index contributed by atoms with van der Waals surface area (Å²) in [5, 5.41) is 3.65. The lowest BCUT2D eigenvalue weighted by Crippen LogP contribution is -2.41. The van der Waals surface area contributed by atoms with Gasteiger partial charge in [0.2, 0.25) is 0 Å². The molecule has 17 heavy (non-hydrogen) atoms. The average Bonchev–Trinajstić information content (AvgIpc) is 2.57. The highest BCUT2D eigenvalue weighted by Crippen LogP contribution is 2.20. The summed E-state index contributed by atoms with van der Waals surface area (Å²) in [7, 11) is 1.75. The second-order valence-corrected chi connectivity index (χ2v) is 4.95. The van der Waals surface area contributed by atoms with E-state index in [4.69, 9.17) is 9.47 Å². The summed E-state index contributed by atoms with van der Waals surface area (Å²) in [5.74, 6) is 0. The normalized spacial score (nSPS) is 25.8. The Labute approximate surface area is 106 Å². The van der Waals surface area contributed by atoms with Crippen LogP contribution < -0.4 is 5.32 Å². The molecule has 0 radical (unpaired) electrons. The van der Waals surface area contributed by atoms with Crippen LogP contribution in [0, 0.1) is 0 Å². The first-order valence-electron chi connectivity index (χ1n) is 7.22. The number of nitrogens with one attached hydrogen (secondary N) is 1. The molecule has 2 atom stereocenters. The fraction of sp³-hybridized carbons (Fsp3) is 1.00. The minimum atomic E-state index is 0.418. The van der Waals surface area contributed by atoms with Gasteiger partial charge in [0.05, 0.1) is 6.10 Å². The van der Waals surface area contributed by atoms with Crippen LogP contribution in [0.25, 0.3) is 0 Å². The number of methoxy groups -OCH3 is 1. The maximum Gasteiger partial charge on any atom is 0.0728 e. The van der Waals surface area contributed by atoms with Crippen molar-refractivity contribution < 1.29 is 9.47 Å². The van der Waals surface area contributed by atoms with Gasteiger partial charge in [0.15, 0.2) is 0 Å². The molecule has 1 fully saturated rings. The van der Waals surface area contributed by atoms with E-state index >= 15 is 0 Å². The van der Waals surface area contributed by atoms with Crippen molar-refractivity contribution in [2.75, 3.05) is 26.9 Å². The SMILES string of the molecule is CCCNC1CCCCCC1OCCCOC. The van der Waals surface area contributed by atoms with Crippen molar-refractivity contribution in [1.29, 1.82) is 0 Å². The molecule has 1 aliphatic carbocycles. The van der Waals surface area contributed by atoms with Crippen molar-refractivity contribution in [2.45, 2.75) is 64.0 Å². The molecule has 0 aromatic rings. The van der Waals surface area contributed by atoms with Gasteiger partial charge in [-0.1, -0.05) is 26.2 Å². The van der Waals surface area contributed by atoms with Gasteiger partial charge in [-0.2, -0.15) is 0 Å². The van der Waals surface area contributed by atoms with Crippen LogP contribution in [0.3, 0.4) is 0 Å². The van der Waals surface area contributed by atoms with Gasteiger partial charge in [-0.15, -0.1) is 0 Å². The number of ether oxygens (including phenoxy) is 2. The van der Waals surface area contributed by atoms with E-state index in [-0.39, 0.29) is 0 Å². The summed E-state index contributed by atoms with van der Waals surface area (Å²) in [5.41, 5.74) is 0. The minimum absolute atomic E-state index is 0.418. The molecule has 3 nitrogen and oxygen atoms in total. The third kappa shape index (κ3) is 6.39. The summed E-state index contributed by atoms with van der Waals surface area (Å²) in [6, 6.07) is 0.569. The molecule has 0 spiro atoms. The van der Waals surface area contributed by atoms with E-state index in [1.54, 1.807) is 7.11 Å². The second-order valence-electron chi connectivity index (χ2n) is 4.95. The van der Waals surface area contributed by atoms with Crippen molar-refractivity contribution in [1.82, 2.24) is 5.32 Å². The van der Waals surface area contributed by atoms with Crippen LogP contribution >= 0.6 is 0 Å². The molecule has 0 aliphatic heterocycles. The molecular formula is C14H29NO2. The topological polar surface area (TPSA) is 30.5 Å². The van der Waals surface area contributed by atoms with Gasteiger partial charge >= 0.3 is 0 Å². The lowest BCUT2D eigenvalue weighted by atomic mass is 10.1. The lowest BCUT2D eigenvalue weighted by Gasteiger charge is -2.26. The van der Waals surface area contributed by atoms with Crippen LogP contribution in [0.15, 0.2) is 0 Å². The lowest BCUT2D eigenvalue weighted by molar-refractivity contribution is 0.0126. The number of hydrogen-bond donors (Lipinski definition) is 1. The summed E-state index contributed by atoms with van der Waals surface area (Å²) < 4.78 is 11.1. The summed E-state index contributed by atoms with van der Waals surface area (Å²) in [4.78, 5) is 0. The summed E-state index contributed by atoms with van der Waals surface area (Å²) in [6.07, 6.45) is 9.14. The van der Waals surface area contributed by atoms with Crippen LogP contribution in [-0.4, -0.2) is 39.0 Å². The molecule has 1 aliphatic rings. The van der Waals surface area contributed by atoms with Gasteiger partial charge in [-0.3, -0.25) is 0 Å². The molecule has 0 bridgehead atoms. The summed E-state index contributed by atoms with van der Waals surface area (Å²) in [6.45, 7) is 4.98. The predicted octanol–water partition coefficient (Wildman–Crippen LogP) is 2.74. The Hall–Kier alpha value is -0.120. The van der Waals surface area contributed by atoms with Gasteiger partial charge in [0.25, 0.3) is 0 Å². The first-order chi connectivity index (χ1) is 8.38. The second kappa shape index (κ2) is 9.86. The zero-order chi connectivity index (χ0) is 12.3. The predicted molar refractivity (Wildman–Crippen MR) is 71.4 cm³/mol. The molecule has 1 saturated carbocycles. The van der Waals surface area contributed by atoms with Crippen LogP contribution in [0.4, 0.5) is 0 Å². The molecule has 0 saturated heterocycles. The Bertz CT molecular complexity index is 176. The van der Waals surface area contributed by atoms with Crippen LogP contribution in [-0.2, 0) is 9.47 Å². The smallest absolute Gasteiger partial charge is 0.0728 e. The Kier molecular flexibility index (Phi) is 8.67. The van der Waals surface area contributed by atoms with Gasteiger partial charge in [-0.05, 0) is 32.2 Å². The molecular weight excluding hydrogens is 214 g/mol. The Morgan fingerprint density at radius 1 is 1.12 bits per heavy atom. The Morgan fingerprint density at radius 3 is 2.71 bits per heavy atom. The molecule has 102 valence electrons. The zero-order valence-electron chi connectivity index (χ0n) is 11.5. The molecule has 0 amide bonds. The molecule has 0 aromatic carbocycles. The van der Waals surface area contributed by atoms with Crippen molar-refractivity contribution in [3.63, 3.8) is 0 Å². The highest BCUT2D eigenvalue weighted by atomic mass is 16.5. The van der Waals surface area contributed by atoms with Crippen LogP contribution in [0.5, 0.6) is 0 Å². The van der Waals surface area contributed by atoms with E-state index in [2.05, 4.69) is 12.2 Å². The van der Waals surface area contributed by atoms with E-state index < -0.39 is 0 Å². The van der Waals surface area contributed by atoms with Gasteiger partial charge in [-0.25, -0.2) is 0 Å². The third-order valence-corrected chi connectivity index (χ3v) is 3.43. The van der Waals surface area contributed by atoms with Gasteiger partial charge in [0.1, 0.15) is 0 Å². The maximum absolute atomic E-state index is 6.03. The minimum Gasteiger partial charge on any atom is -0.385 e. The highest BCUT2D eigenvalue weighted by Gasteiger charge is 2.23. The standard InChI is InChI=1S/C14H29NO2/c1-3-10-15-13-8-5-4-6-9-14(13)17-12-7-11-16-2/h13-15H,3-12H2,1-2H3. The largest absolute Gasteiger partial charge is 0.385 e. The van der Waals surface area contributed by atoms with Gasteiger partial charge < -0.3 is 14.8 Å². The first-order valence-corrected chi connectivity index (χ1v) is 7.22. The third-order valence-electron chi connectivity index (χ3n) is 3.43. The molecule has 0 heterocycles. The quantitative estimate of drug-likeness (QED) is 0.525. The van der Waals surface area contributed by atoms with E-state index in [1.807, 2.05) is 0 Å². The molecule has 0 aromatic heterocycles. The molecule has 2 unspecified atom stereocenters.